The Morgan fingerprint density at radius 3 is 2.79 bits per heavy atom. The monoisotopic (exact) mass is 339 g/mol. The Labute approximate surface area is 143 Å². The number of H-pyrrole nitrogens is 1. The smallest absolute Gasteiger partial charge is 0.252 e. The van der Waals surface area contributed by atoms with Crippen molar-refractivity contribution in [2.75, 3.05) is 11.9 Å². The predicted molar refractivity (Wildman–Crippen MR) is 95.1 cm³/mol. The lowest BCUT2D eigenvalue weighted by Gasteiger charge is -2.07. The number of rotatable bonds is 7. The van der Waals surface area contributed by atoms with Gasteiger partial charge in [0.2, 0.25) is 5.95 Å². The Morgan fingerprint density at radius 1 is 1.12 bits per heavy atom. The standard InChI is InChI=1S/C17H17N5OS/c23-15-11-14(12-24-16-3-1-2-7-19-16)21-17(22-15)20-10-6-13-4-8-18-9-5-13/h1-5,7-9,11H,6,10,12H2,(H2,20,21,22,23). The largest absolute Gasteiger partial charge is 0.355 e. The van der Waals surface area contributed by atoms with Crippen LogP contribution in [0.5, 0.6) is 0 Å². The molecule has 6 nitrogen and oxygen atoms in total. The van der Waals surface area contributed by atoms with Gasteiger partial charge in [-0.25, -0.2) is 9.97 Å². The Kier molecular flexibility index (Phi) is 5.57. The summed E-state index contributed by atoms with van der Waals surface area (Å²) < 4.78 is 0. The van der Waals surface area contributed by atoms with Crippen LogP contribution in [0.15, 0.2) is 64.8 Å². The van der Waals surface area contributed by atoms with Crippen molar-refractivity contribution in [3.8, 4) is 0 Å². The maximum absolute atomic E-state index is 11.8. The van der Waals surface area contributed by atoms with E-state index in [0.29, 0.717) is 18.2 Å². The van der Waals surface area contributed by atoms with E-state index in [1.807, 2.05) is 30.3 Å². The van der Waals surface area contributed by atoms with Gasteiger partial charge in [0.1, 0.15) is 0 Å². The van der Waals surface area contributed by atoms with E-state index in [-0.39, 0.29) is 5.56 Å². The molecule has 0 aliphatic heterocycles. The van der Waals surface area contributed by atoms with Crippen molar-refractivity contribution in [3.63, 3.8) is 0 Å². The van der Waals surface area contributed by atoms with Crippen LogP contribution in [-0.4, -0.2) is 26.5 Å². The molecule has 122 valence electrons. The van der Waals surface area contributed by atoms with Crippen LogP contribution in [-0.2, 0) is 12.2 Å². The molecule has 0 aliphatic rings. The minimum atomic E-state index is -0.159. The summed E-state index contributed by atoms with van der Waals surface area (Å²) in [6.07, 6.45) is 6.12. The summed E-state index contributed by atoms with van der Waals surface area (Å²) in [5.74, 6) is 1.09. The molecule has 3 heterocycles. The third-order valence-electron chi connectivity index (χ3n) is 3.26. The van der Waals surface area contributed by atoms with E-state index in [9.17, 15) is 4.79 Å². The fourth-order valence-electron chi connectivity index (χ4n) is 2.12. The lowest BCUT2D eigenvalue weighted by atomic mass is 10.2. The number of aromatic amines is 1. The highest BCUT2D eigenvalue weighted by Gasteiger charge is 2.03. The second-order valence-electron chi connectivity index (χ2n) is 5.07. The van der Waals surface area contributed by atoms with Gasteiger partial charge in [-0.15, -0.1) is 11.8 Å². The minimum Gasteiger partial charge on any atom is -0.355 e. The first-order valence-corrected chi connectivity index (χ1v) is 8.55. The molecule has 24 heavy (non-hydrogen) atoms. The molecule has 0 aromatic carbocycles. The fraction of sp³-hybridized carbons (Fsp3) is 0.176. The molecule has 3 aromatic rings. The first-order chi connectivity index (χ1) is 11.8. The van der Waals surface area contributed by atoms with Gasteiger partial charge in [0.05, 0.1) is 10.7 Å². The first-order valence-electron chi connectivity index (χ1n) is 7.56. The van der Waals surface area contributed by atoms with Gasteiger partial charge in [0.25, 0.3) is 5.56 Å². The van der Waals surface area contributed by atoms with E-state index in [1.165, 1.54) is 11.6 Å². The van der Waals surface area contributed by atoms with Crippen LogP contribution in [0.4, 0.5) is 5.95 Å². The van der Waals surface area contributed by atoms with Gasteiger partial charge in [-0.05, 0) is 36.2 Å². The molecular formula is C17H17N5OS. The molecule has 0 bridgehead atoms. The van der Waals surface area contributed by atoms with E-state index in [4.69, 9.17) is 0 Å². The van der Waals surface area contributed by atoms with Crippen LogP contribution in [0.3, 0.4) is 0 Å². The topological polar surface area (TPSA) is 83.6 Å². The van der Waals surface area contributed by atoms with Crippen molar-refractivity contribution >= 4 is 17.7 Å². The molecule has 0 spiro atoms. The quantitative estimate of drug-likeness (QED) is 0.644. The second-order valence-corrected chi connectivity index (χ2v) is 6.07. The zero-order chi connectivity index (χ0) is 16.6. The molecule has 0 atom stereocenters. The van der Waals surface area contributed by atoms with E-state index in [2.05, 4.69) is 25.3 Å². The number of thioether (sulfide) groups is 1. The van der Waals surface area contributed by atoms with Gasteiger partial charge in [0, 0.05) is 37.0 Å². The highest BCUT2D eigenvalue weighted by atomic mass is 32.2. The highest BCUT2D eigenvalue weighted by molar-refractivity contribution is 7.98. The number of nitrogens with one attached hydrogen (secondary N) is 2. The number of pyridine rings is 2. The number of hydrogen-bond acceptors (Lipinski definition) is 6. The lowest BCUT2D eigenvalue weighted by Crippen LogP contribution is -2.15. The normalized spacial score (nSPS) is 10.5. The number of nitrogens with zero attached hydrogens (tertiary/aromatic N) is 3. The molecule has 0 aliphatic carbocycles. The predicted octanol–water partition coefficient (Wildman–Crippen LogP) is 2.51. The maximum atomic E-state index is 11.8. The highest BCUT2D eigenvalue weighted by Crippen LogP contribution is 2.18. The molecule has 0 radical (unpaired) electrons. The molecule has 3 rings (SSSR count). The van der Waals surface area contributed by atoms with Crippen molar-refractivity contribution in [1.29, 1.82) is 0 Å². The number of anilines is 1. The van der Waals surface area contributed by atoms with E-state index >= 15 is 0 Å². The van der Waals surface area contributed by atoms with Gasteiger partial charge in [-0.1, -0.05) is 6.07 Å². The third-order valence-corrected chi connectivity index (χ3v) is 4.23. The van der Waals surface area contributed by atoms with Crippen LogP contribution in [0.25, 0.3) is 0 Å². The van der Waals surface area contributed by atoms with E-state index in [0.717, 1.165) is 17.1 Å². The Balaban J connectivity index is 1.58. The fourth-order valence-corrected chi connectivity index (χ4v) is 2.87. The molecule has 3 aromatic heterocycles. The van der Waals surface area contributed by atoms with Crippen LogP contribution >= 0.6 is 11.8 Å². The second kappa shape index (κ2) is 8.26. The molecular weight excluding hydrogens is 322 g/mol. The number of hydrogen-bond donors (Lipinski definition) is 2. The molecule has 0 saturated carbocycles. The van der Waals surface area contributed by atoms with Gasteiger partial charge >= 0.3 is 0 Å². The van der Waals surface area contributed by atoms with Gasteiger partial charge < -0.3 is 5.32 Å². The van der Waals surface area contributed by atoms with Gasteiger partial charge in [-0.3, -0.25) is 14.8 Å². The van der Waals surface area contributed by atoms with Crippen LogP contribution in [0.2, 0.25) is 0 Å². The molecule has 0 amide bonds. The summed E-state index contributed by atoms with van der Waals surface area (Å²) >= 11 is 1.55. The summed E-state index contributed by atoms with van der Waals surface area (Å²) in [6, 6.07) is 11.2. The van der Waals surface area contributed by atoms with Crippen LogP contribution < -0.4 is 10.9 Å². The van der Waals surface area contributed by atoms with Crippen molar-refractivity contribution in [2.24, 2.45) is 0 Å². The van der Waals surface area contributed by atoms with E-state index < -0.39 is 0 Å². The van der Waals surface area contributed by atoms with Gasteiger partial charge in [-0.2, -0.15) is 0 Å². The third kappa shape index (κ3) is 4.92. The van der Waals surface area contributed by atoms with Crippen molar-refractivity contribution < 1.29 is 0 Å². The molecule has 0 unspecified atom stereocenters. The van der Waals surface area contributed by atoms with Crippen molar-refractivity contribution in [2.45, 2.75) is 17.2 Å². The molecule has 2 N–H and O–H groups in total. The van der Waals surface area contributed by atoms with Gasteiger partial charge in [0.15, 0.2) is 0 Å². The molecule has 0 saturated heterocycles. The zero-order valence-electron chi connectivity index (χ0n) is 13.0. The SMILES string of the molecule is O=c1cc(CSc2ccccn2)nc(NCCc2ccncc2)[nH]1. The first kappa shape index (κ1) is 16.2. The zero-order valence-corrected chi connectivity index (χ0v) is 13.8. The molecule has 0 fully saturated rings. The summed E-state index contributed by atoms with van der Waals surface area (Å²) in [7, 11) is 0. The average Bonchev–Trinajstić information content (AvgIpc) is 2.61. The summed E-state index contributed by atoms with van der Waals surface area (Å²) in [5.41, 5.74) is 1.75. The summed E-state index contributed by atoms with van der Waals surface area (Å²) in [6.45, 7) is 0.684. The lowest BCUT2D eigenvalue weighted by molar-refractivity contribution is 0.959. The van der Waals surface area contributed by atoms with E-state index in [1.54, 1.807) is 30.4 Å². The van der Waals surface area contributed by atoms with Crippen molar-refractivity contribution in [1.82, 2.24) is 19.9 Å². The Morgan fingerprint density at radius 2 is 2.00 bits per heavy atom. The molecule has 7 heteroatoms. The average molecular weight is 339 g/mol. The minimum absolute atomic E-state index is 0.159. The Bertz CT molecular complexity index is 823. The Hall–Kier alpha value is -2.67. The maximum Gasteiger partial charge on any atom is 0.252 e. The van der Waals surface area contributed by atoms with Crippen molar-refractivity contribution in [3.05, 3.63) is 76.6 Å². The summed E-state index contributed by atoms with van der Waals surface area (Å²) in [4.78, 5) is 27.2. The number of aromatic nitrogens is 4. The summed E-state index contributed by atoms with van der Waals surface area (Å²) in [5, 5.41) is 4.07. The van der Waals surface area contributed by atoms with Crippen LogP contribution in [0, 0.1) is 0 Å². The van der Waals surface area contributed by atoms with Crippen LogP contribution in [0.1, 0.15) is 11.3 Å².